The minimum Gasteiger partial charge on any atom is -0.358 e. The van der Waals surface area contributed by atoms with Gasteiger partial charge in [0.2, 0.25) is 0 Å². The highest BCUT2D eigenvalue weighted by Gasteiger charge is 2.07. The van der Waals surface area contributed by atoms with Gasteiger partial charge in [-0.25, -0.2) is 4.79 Å². The lowest BCUT2D eigenvalue weighted by Crippen LogP contribution is -2.19. The Balaban J connectivity index is 3.26. The highest BCUT2D eigenvalue weighted by atomic mass is 16.6. The van der Waals surface area contributed by atoms with Crippen molar-refractivity contribution in [1.82, 2.24) is 9.55 Å². The highest BCUT2D eigenvalue weighted by Crippen LogP contribution is 1.99. The van der Waals surface area contributed by atoms with Crippen molar-refractivity contribution in [3.05, 3.63) is 32.9 Å². The molecule has 6 heteroatoms. The van der Waals surface area contributed by atoms with E-state index in [0.29, 0.717) is 0 Å². The van der Waals surface area contributed by atoms with E-state index in [-0.39, 0.29) is 0 Å². The van der Waals surface area contributed by atoms with Crippen molar-refractivity contribution in [2.75, 3.05) is 0 Å². The molecule has 0 fully saturated rings. The number of nitro groups is 1. The van der Waals surface area contributed by atoms with Crippen LogP contribution in [0.3, 0.4) is 0 Å². The van der Waals surface area contributed by atoms with Crippen LogP contribution in [-0.2, 0) is 7.05 Å². The Morgan fingerprint density at radius 2 is 2.36 bits per heavy atom. The third kappa shape index (κ3) is 1.40. The molecule has 0 aliphatic heterocycles. The largest absolute Gasteiger partial charge is 0.457 e. The van der Waals surface area contributed by atoms with E-state index in [0.717, 1.165) is 4.57 Å². The maximum Gasteiger partial charge on any atom is 0.457 e. The minimum absolute atomic E-state index is 0.423. The van der Waals surface area contributed by atoms with Crippen LogP contribution in [0.2, 0.25) is 0 Å². The molecular weight excluding hydrogens is 150 g/mol. The molecule has 1 heterocycles. The summed E-state index contributed by atoms with van der Waals surface area (Å²) in [6, 6.07) is 1.17. The van der Waals surface area contributed by atoms with Crippen LogP contribution in [0.25, 0.3) is 0 Å². The topological polar surface area (TPSA) is 78.0 Å². The number of aromatic nitrogens is 2. The maximum absolute atomic E-state index is 10.7. The van der Waals surface area contributed by atoms with E-state index in [1.165, 1.54) is 19.3 Å². The summed E-state index contributed by atoms with van der Waals surface area (Å²) in [6.07, 6.45) is 1.30. The average molecular weight is 155 g/mol. The molecule has 0 atom stereocenters. The van der Waals surface area contributed by atoms with Gasteiger partial charge >= 0.3 is 11.5 Å². The summed E-state index contributed by atoms with van der Waals surface area (Å²) >= 11 is 0. The van der Waals surface area contributed by atoms with Gasteiger partial charge in [0.15, 0.2) is 0 Å². The number of hydrogen-bond donors (Lipinski definition) is 0. The number of rotatable bonds is 1. The summed E-state index contributed by atoms with van der Waals surface area (Å²) in [5, 5.41) is 10.1. The van der Waals surface area contributed by atoms with Crippen LogP contribution in [0.5, 0.6) is 0 Å². The SMILES string of the molecule is Cn1ccc([N+](=O)[O-])nc1=O. The summed E-state index contributed by atoms with van der Waals surface area (Å²) in [7, 11) is 1.47. The Morgan fingerprint density at radius 3 is 2.82 bits per heavy atom. The molecule has 0 unspecified atom stereocenters. The highest BCUT2D eigenvalue weighted by molar-refractivity contribution is 5.13. The summed E-state index contributed by atoms with van der Waals surface area (Å²) in [5.74, 6) is -0.423. The van der Waals surface area contributed by atoms with E-state index in [2.05, 4.69) is 4.98 Å². The van der Waals surface area contributed by atoms with Crippen molar-refractivity contribution < 1.29 is 4.92 Å². The molecule has 11 heavy (non-hydrogen) atoms. The zero-order chi connectivity index (χ0) is 8.43. The minimum atomic E-state index is -0.707. The summed E-state index contributed by atoms with van der Waals surface area (Å²) in [4.78, 5) is 23.2. The van der Waals surface area contributed by atoms with Crippen molar-refractivity contribution in [3.63, 3.8) is 0 Å². The molecule has 6 nitrogen and oxygen atoms in total. The Bertz CT molecular complexity index is 343. The third-order valence-electron chi connectivity index (χ3n) is 1.15. The van der Waals surface area contributed by atoms with Crippen molar-refractivity contribution in [1.29, 1.82) is 0 Å². The molecule has 0 amide bonds. The van der Waals surface area contributed by atoms with Crippen LogP contribution in [0.1, 0.15) is 0 Å². The van der Waals surface area contributed by atoms with Gasteiger partial charge in [0.25, 0.3) is 0 Å². The first kappa shape index (κ1) is 7.39. The standard InChI is InChI=1S/C5H5N3O3/c1-7-3-2-4(8(10)11)6-5(7)9/h2-3H,1H3. The van der Waals surface area contributed by atoms with Gasteiger partial charge in [-0.15, -0.1) is 0 Å². The van der Waals surface area contributed by atoms with Crippen LogP contribution in [0.4, 0.5) is 5.82 Å². The monoisotopic (exact) mass is 155 g/mol. The Morgan fingerprint density at radius 1 is 1.73 bits per heavy atom. The number of nitrogens with zero attached hydrogens (tertiary/aromatic N) is 3. The maximum atomic E-state index is 10.7. The molecule has 0 bridgehead atoms. The lowest BCUT2D eigenvalue weighted by Gasteiger charge is -1.91. The van der Waals surface area contributed by atoms with Crippen molar-refractivity contribution in [2.24, 2.45) is 7.05 Å². The number of hydrogen-bond acceptors (Lipinski definition) is 4. The molecule has 1 aromatic rings. The normalized spacial score (nSPS) is 9.55. The van der Waals surface area contributed by atoms with E-state index in [4.69, 9.17) is 0 Å². The first-order valence-electron chi connectivity index (χ1n) is 2.79. The summed E-state index contributed by atoms with van der Waals surface area (Å²) in [5.41, 5.74) is -0.626. The van der Waals surface area contributed by atoms with Crippen LogP contribution in [0.15, 0.2) is 17.1 Å². The predicted molar refractivity (Wildman–Crippen MR) is 36.1 cm³/mol. The van der Waals surface area contributed by atoms with Crippen LogP contribution in [0, 0.1) is 10.1 Å². The van der Waals surface area contributed by atoms with E-state index in [9.17, 15) is 14.9 Å². The van der Waals surface area contributed by atoms with Gasteiger partial charge in [-0.3, -0.25) is 4.57 Å². The molecule has 0 radical (unpaired) electrons. The predicted octanol–water partition coefficient (Wildman–Crippen LogP) is -0.312. The average Bonchev–Trinajstić information content (AvgIpc) is 1.94. The summed E-state index contributed by atoms with van der Waals surface area (Å²) in [6.45, 7) is 0. The lowest BCUT2D eigenvalue weighted by atomic mass is 10.6. The second-order valence-corrected chi connectivity index (χ2v) is 1.94. The Labute approximate surface area is 61.3 Å². The molecule has 0 spiro atoms. The zero-order valence-electron chi connectivity index (χ0n) is 5.72. The fraction of sp³-hybridized carbons (Fsp3) is 0.200. The first-order chi connectivity index (χ1) is 5.11. The van der Waals surface area contributed by atoms with Crippen LogP contribution >= 0.6 is 0 Å². The molecule has 58 valence electrons. The molecular formula is C5H5N3O3. The van der Waals surface area contributed by atoms with Gasteiger partial charge in [-0.2, -0.15) is 0 Å². The fourth-order valence-corrected chi connectivity index (χ4v) is 0.558. The Hall–Kier alpha value is -1.72. The van der Waals surface area contributed by atoms with Gasteiger partial charge < -0.3 is 10.1 Å². The van der Waals surface area contributed by atoms with Gasteiger partial charge in [0.05, 0.1) is 6.07 Å². The second-order valence-electron chi connectivity index (χ2n) is 1.94. The van der Waals surface area contributed by atoms with Crippen LogP contribution < -0.4 is 5.69 Å². The van der Waals surface area contributed by atoms with Gasteiger partial charge in [-0.1, -0.05) is 0 Å². The van der Waals surface area contributed by atoms with Gasteiger partial charge in [0.1, 0.15) is 0 Å². The molecule has 0 N–H and O–H groups in total. The van der Waals surface area contributed by atoms with E-state index in [1.54, 1.807) is 0 Å². The van der Waals surface area contributed by atoms with E-state index in [1.807, 2.05) is 0 Å². The molecule has 1 rings (SSSR count). The molecule has 0 aliphatic rings. The molecule has 0 saturated heterocycles. The van der Waals surface area contributed by atoms with Gasteiger partial charge in [0, 0.05) is 18.2 Å². The van der Waals surface area contributed by atoms with E-state index < -0.39 is 16.4 Å². The number of aryl methyl sites for hydroxylation is 1. The van der Waals surface area contributed by atoms with Crippen molar-refractivity contribution in [3.8, 4) is 0 Å². The van der Waals surface area contributed by atoms with Crippen molar-refractivity contribution in [2.45, 2.75) is 0 Å². The van der Waals surface area contributed by atoms with Gasteiger partial charge in [-0.05, 0) is 4.92 Å². The fourth-order valence-electron chi connectivity index (χ4n) is 0.558. The first-order valence-corrected chi connectivity index (χ1v) is 2.79. The molecule has 1 aromatic heterocycles. The van der Waals surface area contributed by atoms with Crippen LogP contribution in [-0.4, -0.2) is 14.5 Å². The van der Waals surface area contributed by atoms with Crippen molar-refractivity contribution >= 4 is 5.82 Å². The smallest absolute Gasteiger partial charge is 0.358 e. The second kappa shape index (κ2) is 2.49. The molecule has 0 saturated carbocycles. The Kier molecular flexibility index (Phi) is 1.67. The quantitative estimate of drug-likeness (QED) is 0.411. The summed E-state index contributed by atoms with van der Waals surface area (Å²) < 4.78 is 1.16. The third-order valence-corrected chi connectivity index (χ3v) is 1.15. The van der Waals surface area contributed by atoms with E-state index >= 15 is 0 Å². The molecule has 0 aromatic carbocycles. The zero-order valence-corrected chi connectivity index (χ0v) is 5.72. The molecule has 0 aliphatic carbocycles. The lowest BCUT2D eigenvalue weighted by molar-refractivity contribution is -0.389.